The second kappa shape index (κ2) is 5.15. The van der Waals surface area contributed by atoms with E-state index in [1.54, 1.807) is 11.9 Å². The molecular weight excluding hydrogens is 206 g/mol. The van der Waals surface area contributed by atoms with Gasteiger partial charge in [0.25, 0.3) is 0 Å². The van der Waals surface area contributed by atoms with Gasteiger partial charge in [-0.2, -0.15) is 0 Å². The first-order chi connectivity index (χ1) is 7.29. The van der Waals surface area contributed by atoms with Gasteiger partial charge in [-0.1, -0.05) is 0 Å². The average molecular weight is 229 g/mol. The number of hydrogen-bond acceptors (Lipinski definition) is 3. The number of aliphatic hydroxyl groups is 1. The molecule has 1 N–H and O–H groups in total. The molecule has 1 aliphatic carbocycles. The van der Waals surface area contributed by atoms with Crippen LogP contribution in [0.25, 0.3) is 0 Å². The van der Waals surface area contributed by atoms with E-state index in [1.165, 1.54) is 0 Å². The van der Waals surface area contributed by atoms with Gasteiger partial charge < -0.3 is 14.7 Å². The molecule has 94 valence electrons. The molecule has 0 radical (unpaired) electrons. The summed E-state index contributed by atoms with van der Waals surface area (Å²) >= 11 is 0. The Morgan fingerprint density at radius 1 is 1.50 bits per heavy atom. The molecule has 1 fully saturated rings. The van der Waals surface area contributed by atoms with Gasteiger partial charge in [0, 0.05) is 13.6 Å². The molecule has 0 spiro atoms. The summed E-state index contributed by atoms with van der Waals surface area (Å²) in [6.07, 6.45) is 1.80. The van der Waals surface area contributed by atoms with Crippen LogP contribution in [0.3, 0.4) is 0 Å². The third-order valence-corrected chi connectivity index (χ3v) is 2.68. The minimum Gasteiger partial charge on any atom is -0.391 e. The van der Waals surface area contributed by atoms with Crippen molar-refractivity contribution in [2.24, 2.45) is 5.92 Å². The summed E-state index contributed by atoms with van der Waals surface area (Å²) in [5.74, 6) is 0.327. The molecule has 1 unspecified atom stereocenters. The van der Waals surface area contributed by atoms with Crippen LogP contribution in [-0.2, 0) is 9.53 Å². The number of hydrogen-bond donors (Lipinski definition) is 1. The van der Waals surface area contributed by atoms with E-state index in [1.807, 2.05) is 20.8 Å². The van der Waals surface area contributed by atoms with Gasteiger partial charge in [0.2, 0.25) is 5.91 Å². The number of likely N-dealkylation sites (N-methyl/N-ethyl adjacent to an activating group) is 1. The standard InChI is InChI=1S/C12H23NO3/c1-12(2,3)16-8-11(15)13(4)7-10(14)9-5-6-9/h9-10,14H,5-8H2,1-4H3. The van der Waals surface area contributed by atoms with Gasteiger partial charge in [0.15, 0.2) is 0 Å². The van der Waals surface area contributed by atoms with Crippen LogP contribution in [-0.4, -0.2) is 47.8 Å². The third-order valence-electron chi connectivity index (χ3n) is 2.68. The maximum atomic E-state index is 11.7. The van der Waals surface area contributed by atoms with Crippen LogP contribution in [0, 0.1) is 5.92 Å². The number of amides is 1. The first-order valence-electron chi connectivity index (χ1n) is 5.85. The quantitative estimate of drug-likeness (QED) is 0.766. The SMILES string of the molecule is CN(CC(O)C1CC1)C(=O)COC(C)(C)C. The van der Waals surface area contributed by atoms with Crippen molar-refractivity contribution < 1.29 is 14.6 Å². The van der Waals surface area contributed by atoms with Crippen molar-refractivity contribution in [3.05, 3.63) is 0 Å². The number of aliphatic hydroxyl groups excluding tert-OH is 1. The maximum Gasteiger partial charge on any atom is 0.248 e. The molecule has 0 saturated heterocycles. The average Bonchev–Trinajstić information content (AvgIpc) is 2.95. The molecule has 0 heterocycles. The fourth-order valence-electron chi connectivity index (χ4n) is 1.40. The van der Waals surface area contributed by atoms with E-state index in [0.717, 1.165) is 12.8 Å². The number of carbonyl (C=O) groups excluding carboxylic acids is 1. The number of carbonyl (C=O) groups is 1. The molecule has 0 aromatic carbocycles. The first kappa shape index (κ1) is 13.5. The topological polar surface area (TPSA) is 49.8 Å². The van der Waals surface area contributed by atoms with Crippen LogP contribution in [0.4, 0.5) is 0 Å². The number of rotatable bonds is 5. The second-order valence-corrected chi connectivity index (χ2v) is 5.58. The zero-order valence-electron chi connectivity index (χ0n) is 10.7. The molecule has 1 atom stereocenters. The summed E-state index contributed by atoms with van der Waals surface area (Å²) < 4.78 is 5.40. The Morgan fingerprint density at radius 3 is 2.50 bits per heavy atom. The van der Waals surface area contributed by atoms with Crippen molar-refractivity contribution in [1.29, 1.82) is 0 Å². The van der Waals surface area contributed by atoms with Crippen molar-refractivity contribution in [3.8, 4) is 0 Å². The lowest BCUT2D eigenvalue weighted by Crippen LogP contribution is -2.38. The van der Waals surface area contributed by atoms with Crippen LogP contribution in [0.2, 0.25) is 0 Å². The van der Waals surface area contributed by atoms with E-state index in [4.69, 9.17) is 4.74 Å². The molecule has 0 bridgehead atoms. The minimum atomic E-state index is -0.372. The van der Waals surface area contributed by atoms with Gasteiger partial charge in [0.05, 0.1) is 11.7 Å². The van der Waals surface area contributed by atoms with Crippen molar-refractivity contribution >= 4 is 5.91 Å². The van der Waals surface area contributed by atoms with Gasteiger partial charge in [-0.05, 0) is 39.5 Å². The highest BCUT2D eigenvalue weighted by molar-refractivity contribution is 5.77. The van der Waals surface area contributed by atoms with E-state index >= 15 is 0 Å². The molecule has 1 amide bonds. The van der Waals surface area contributed by atoms with Crippen LogP contribution in [0.1, 0.15) is 33.6 Å². The van der Waals surface area contributed by atoms with Crippen LogP contribution < -0.4 is 0 Å². The van der Waals surface area contributed by atoms with Gasteiger partial charge in [-0.15, -0.1) is 0 Å². The van der Waals surface area contributed by atoms with Gasteiger partial charge in [-0.3, -0.25) is 4.79 Å². The third kappa shape index (κ3) is 4.94. The van der Waals surface area contributed by atoms with Crippen LogP contribution in [0.15, 0.2) is 0 Å². The lowest BCUT2D eigenvalue weighted by molar-refractivity contribution is -0.141. The molecular formula is C12H23NO3. The van der Waals surface area contributed by atoms with Gasteiger partial charge in [-0.25, -0.2) is 0 Å². The van der Waals surface area contributed by atoms with Gasteiger partial charge >= 0.3 is 0 Å². The largest absolute Gasteiger partial charge is 0.391 e. The predicted octanol–water partition coefficient (Wildman–Crippen LogP) is 1.03. The van der Waals surface area contributed by atoms with Crippen molar-refractivity contribution in [2.45, 2.75) is 45.3 Å². The Morgan fingerprint density at radius 2 is 2.06 bits per heavy atom. The Labute approximate surface area is 97.6 Å². The maximum absolute atomic E-state index is 11.7. The minimum absolute atomic E-state index is 0.0744. The fourth-order valence-corrected chi connectivity index (χ4v) is 1.40. The van der Waals surface area contributed by atoms with E-state index in [9.17, 15) is 9.90 Å². The summed E-state index contributed by atoms with van der Waals surface area (Å²) in [5, 5.41) is 9.70. The molecule has 4 heteroatoms. The van der Waals surface area contributed by atoms with E-state index in [0.29, 0.717) is 12.5 Å². The molecule has 0 aromatic heterocycles. The summed E-state index contributed by atoms with van der Waals surface area (Å²) in [4.78, 5) is 13.2. The molecule has 0 aliphatic heterocycles. The normalized spacial score (nSPS) is 18.3. The highest BCUT2D eigenvalue weighted by Crippen LogP contribution is 2.32. The van der Waals surface area contributed by atoms with Crippen molar-refractivity contribution in [2.75, 3.05) is 20.2 Å². The van der Waals surface area contributed by atoms with E-state index < -0.39 is 0 Å². The highest BCUT2D eigenvalue weighted by atomic mass is 16.5. The Hall–Kier alpha value is -0.610. The monoisotopic (exact) mass is 229 g/mol. The number of nitrogens with zero attached hydrogens (tertiary/aromatic N) is 1. The summed E-state index contributed by atoms with van der Waals surface area (Å²) in [6, 6.07) is 0. The highest BCUT2D eigenvalue weighted by Gasteiger charge is 2.31. The van der Waals surface area contributed by atoms with Gasteiger partial charge in [0.1, 0.15) is 6.61 Å². The fraction of sp³-hybridized carbons (Fsp3) is 0.917. The molecule has 4 nitrogen and oxygen atoms in total. The lowest BCUT2D eigenvalue weighted by Gasteiger charge is -2.24. The zero-order valence-corrected chi connectivity index (χ0v) is 10.7. The van der Waals surface area contributed by atoms with E-state index in [-0.39, 0.29) is 24.2 Å². The van der Waals surface area contributed by atoms with E-state index in [2.05, 4.69) is 0 Å². The summed E-state index contributed by atoms with van der Waals surface area (Å²) in [7, 11) is 1.71. The smallest absolute Gasteiger partial charge is 0.248 e. The molecule has 0 aromatic rings. The lowest BCUT2D eigenvalue weighted by atomic mass is 10.2. The molecule has 1 rings (SSSR count). The molecule has 16 heavy (non-hydrogen) atoms. The van der Waals surface area contributed by atoms with Crippen LogP contribution >= 0.6 is 0 Å². The molecule has 1 aliphatic rings. The molecule has 1 saturated carbocycles. The summed E-state index contributed by atoms with van der Waals surface area (Å²) in [6.45, 7) is 6.24. The van der Waals surface area contributed by atoms with Crippen molar-refractivity contribution in [1.82, 2.24) is 4.90 Å². The zero-order chi connectivity index (χ0) is 12.3. The summed E-state index contributed by atoms with van der Waals surface area (Å²) in [5.41, 5.74) is -0.300. The predicted molar refractivity (Wildman–Crippen MR) is 62.1 cm³/mol. The second-order valence-electron chi connectivity index (χ2n) is 5.58. The Kier molecular flexibility index (Phi) is 4.33. The van der Waals surface area contributed by atoms with Crippen molar-refractivity contribution in [3.63, 3.8) is 0 Å². The number of ether oxygens (including phenoxy) is 1. The Bertz CT molecular complexity index is 243. The van der Waals surface area contributed by atoms with Crippen LogP contribution in [0.5, 0.6) is 0 Å². The Balaban J connectivity index is 2.24. The first-order valence-corrected chi connectivity index (χ1v) is 5.85.